The number of rotatable bonds is 5. The third-order valence-electron chi connectivity index (χ3n) is 4.46. The maximum absolute atomic E-state index is 5.85. The fourth-order valence-corrected chi connectivity index (χ4v) is 3.27. The molecule has 116 valence electrons. The quantitative estimate of drug-likeness (QED) is 0.896. The molecule has 2 unspecified atom stereocenters. The average molecular weight is 290 g/mol. The molecule has 4 nitrogen and oxygen atoms in total. The van der Waals surface area contributed by atoms with Crippen LogP contribution in [0.5, 0.6) is 5.75 Å². The zero-order chi connectivity index (χ0) is 14.5. The number of hydrogen-bond donors (Lipinski definition) is 1. The number of hydrogen-bond acceptors (Lipinski definition) is 4. The van der Waals surface area contributed by atoms with Crippen molar-refractivity contribution in [3.05, 3.63) is 30.3 Å². The molecular formula is C17H26N2O2. The highest BCUT2D eigenvalue weighted by molar-refractivity contribution is 5.20. The van der Waals surface area contributed by atoms with Gasteiger partial charge >= 0.3 is 0 Å². The van der Waals surface area contributed by atoms with E-state index in [9.17, 15) is 0 Å². The van der Waals surface area contributed by atoms with Gasteiger partial charge in [0.15, 0.2) is 0 Å². The van der Waals surface area contributed by atoms with Crippen molar-refractivity contribution in [3.63, 3.8) is 0 Å². The number of nitrogens with zero attached hydrogens (tertiary/aromatic N) is 1. The molecule has 0 amide bonds. The van der Waals surface area contributed by atoms with Gasteiger partial charge in [-0.3, -0.25) is 4.90 Å². The van der Waals surface area contributed by atoms with E-state index in [0.717, 1.165) is 45.1 Å². The molecule has 3 rings (SSSR count). The molecule has 1 N–H and O–H groups in total. The smallest absolute Gasteiger partial charge is 0.119 e. The highest BCUT2D eigenvalue weighted by atomic mass is 16.5. The zero-order valence-electron chi connectivity index (χ0n) is 12.9. The van der Waals surface area contributed by atoms with Crippen LogP contribution in [0.1, 0.15) is 13.3 Å². The van der Waals surface area contributed by atoms with Gasteiger partial charge in [0.25, 0.3) is 0 Å². The van der Waals surface area contributed by atoms with E-state index in [1.54, 1.807) is 0 Å². The fourth-order valence-electron chi connectivity index (χ4n) is 3.27. The summed E-state index contributed by atoms with van der Waals surface area (Å²) in [4.78, 5) is 2.54. The van der Waals surface area contributed by atoms with Crippen LogP contribution in [0.25, 0.3) is 0 Å². The van der Waals surface area contributed by atoms with Crippen LogP contribution in [0, 0.1) is 5.41 Å². The van der Waals surface area contributed by atoms with Gasteiger partial charge < -0.3 is 14.8 Å². The molecule has 0 saturated carbocycles. The standard InChI is InChI=1S/C17H26N2O2/c1-17(7-8-18-13-17)14-19-9-10-20-16(11-19)12-21-15-5-3-2-4-6-15/h2-6,16,18H,7-14H2,1H3. The Morgan fingerprint density at radius 1 is 1.38 bits per heavy atom. The van der Waals surface area contributed by atoms with Crippen molar-refractivity contribution in [2.45, 2.75) is 19.4 Å². The summed E-state index contributed by atoms with van der Waals surface area (Å²) in [6.45, 7) is 9.29. The Bertz CT molecular complexity index is 432. The molecule has 1 aromatic rings. The minimum absolute atomic E-state index is 0.178. The van der Waals surface area contributed by atoms with Gasteiger partial charge in [0, 0.05) is 26.2 Å². The van der Waals surface area contributed by atoms with Crippen molar-refractivity contribution in [2.24, 2.45) is 5.41 Å². The number of benzene rings is 1. The lowest BCUT2D eigenvalue weighted by Crippen LogP contribution is -2.48. The summed E-state index contributed by atoms with van der Waals surface area (Å²) in [5.41, 5.74) is 0.419. The van der Waals surface area contributed by atoms with Crippen LogP contribution in [0.2, 0.25) is 0 Å². The third kappa shape index (κ3) is 4.19. The molecule has 0 bridgehead atoms. The van der Waals surface area contributed by atoms with Crippen molar-refractivity contribution < 1.29 is 9.47 Å². The third-order valence-corrected chi connectivity index (χ3v) is 4.46. The van der Waals surface area contributed by atoms with Crippen molar-refractivity contribution >= 4 is 0 Å². The van der Waals surface area contributed by atoms with Crippen molar-refractivity contribution in [2.75, 3.05) is 45.9 Å². The fraction of sp³-hybridized carbons (Fsp3) is 0.647. The predicted octanol–water partition coefficient (Wildman–Crippen LogP) is 1.77. The summed E-state index contributed by atoms with van der Waals surface area (Å²) < 4.78 is 11.7. The molecule has 0 spiro atoms. The van der Waals surface area contributed by atoms with Crippen LogP contribution in [-0.4, -0.2) is 56.9 Å². The van der Waals surface area contributed by atoms with E-state index < -0.39 is 0 Å². The van der Waals surface area contributed by atoms with E-state index in [-0.39, 0.29) is 6.10 Å². The predicted molar refractivity (Wildman–Crippen MR) is 83.7 cm³/mol. The Kier molecular flexibility index (Phi) is 4.78. The van der Waals surface area contributed by atoms with Crippen LogP contribution in [0.3, 0.4) is 0 Å². The van der Waals surface area contributed by atoms with Gasteiger partial charge in [-0.05, 0) is 30.5 Å². The summed E-state index contributed by atoms with van der Waals surface area (Å²) in [6, 6.07) is 9.98. The average Bonchev–Trinajstić information content (AvgIpc) is 2.93. The summed E-state index contributed by atoms with van der Waals surface area (Å²) >= 11 is 0. The molecule has 2 saturated heterocycles. The van der Waals surface area contributed by atoms with Crippen molar-refractivity contribution in [3.8, 4) is 5.75 Å². The Balaban J connectivity index is 1.47. The normalized spacial score (nSPS) is 30.4. The summed E-state index contributed by atoms with van der Waals surface area (Å²) in [7, 11) is 0. The highest BCUT2D eigenvalue weighted by Gasteiger charge is 2.32. The van der Waals surface area contributed by atoms with E-state index in [0.29, 0.717) is 12.0 Å². The first-order valence-corrected chi connectivity index (χ1v) is 7.96. The summed E-state index contributed by atoms with van der Waals surface area (Å²) in [5, 5.41) is 3.48. The zero-order valence-corrected chi connectivity index (χ0v) is 12.9. The molecule has 1 aromatic carbocycles. The lowest BCUT2D eigenvalue weighted by Gasteiger charge is -2.37. The van der Waals surface area contributed by atoms with Crippen LogP contribution < -0.4 is 10.1 Å². The maximum atomic E-state index is 5.85. The Labute approximate surface area is 127 Å². The highest BCUT2D eigenvalue weighted by Crippen LogP contribution is 2.26. The minimum atomic E-state index is 0.178. The number of nitrogens with one attached hydrogen (secondary N) is 1. The number of ether oxygens (including phenoxy) is 2. The Morgan fingerprint density at radius 3 is 3.00 bits per heavy atom. The molecule has 0 aliphatic carbocycles. The second-order valence-electron chi connectivity index (χ2n) is 6.59. The first-order valence-electron chi connectivity index (χ1n) is 7.96. The molecular weight excluding hydrogens is 264 g/mol. The summed E-state index contributed by atoms with van der Waals surface area (Å²) in [5.74, 6) is 0.921. The lowest BCUT2D eigenvalue weighted by molar-refractivity contribution is -0.0560. The Hall–Kier alpha value is -1.10. The molecule has 21 heavy (non-hydrogen) atoms. The van der Waals surface area contributed by atoms with E-state index in [1.807, 2.05) is 30.3 Å². The Morgan fingerprint density at radius 2 is 2.24 bits per heavy atom. The molecule has 2 fully saturated rings. The van der Waals surface area contributed by atoms with Gasteiger partial charge in [-0.25, -0.2) is 0 Å². The van der Waals surface area contributed by atoms with Gasteiger partial charge in [0.05, 0.1) is 6.61 Å². The molecule has 0 radical (unpaired) electrons. The molecule has 2 aliphatic rings. The monoisotopic (exact) mass is 290 g/mol. The molecule has 2 aliphatic heterocycles. The second-order valence-corrected chi connectivity index (χ2v) is 6.59. The van der Waals surface area contributed by atoms with Gasteiger partial charge in [-0.2, -0.15) is 0 Å². The van der Waals surface area contributed by atoms with E-state index in [4.69, 9.17) is 9.47 Å². The van der Waals surface area contributed by atoms with Gasteiger partial charge in [0.2, 0.25) is 0 Å². The summed E-state index contributed by atoms with van der Waals surface area (Å²) in [6.07, 6.45) is 1.45. The minimum Gasteiger partial charge on any atom is -0.491 e. The first-order chi connectivity index (χ1) is 10.2. The van der Waals surface area contributed by atoms with E-state index >= 15 is 0 Å². The van der Waals surface area contributed by atoms with Crippen molar-refractivity contribution in [1.82, 2.24) is 10.2 Å². The molecule has 2 atom stereocenters. The van der Waals surface area contributed by atoms with Crippen molar-refractivity contribution in [1.29, 1.82) is 0 Å². The van der Waals surface area contributed by atoms with E-state index in [2.05, 4.69) is 17.1 Å². The van der Waals surface area contributed by atoms with Gasteiger partial charge in [-0.15, -0.1) is 0 Å². The van der Waals surface area contributed by atoms with Crippen LogP contribution >= 0.6 is 0 Å². The van der Waals surface area contributed by atoms with Gasteiger partial charge in [0.1, 0.15) is 18.5 Å². The molecule has 2 heterocycles. The maximum Gasteiger partial charge on any atom is 0.119 e. The van der Waals surface area contributed by atoms with Crippen LogP contribution in [-0.2, 0) is 4.74 Å². The van der Waals surface area contributed by atoms with Gasteiger partial charge in [-0.1, -0.05) is 25.1 Å². The molecule has 4 heteroatoms. The lowest BCUT2D eigenvalue weighted by atomic mass is 9.89. The second kappa shape index (κ2) is 6.77. The number of morpholine rings is 1. The van der Waals surface area contributed by atoms with E-state index in [1.165, 1.54) is 6.42 Å². The topological polar surface area (TPSA) is 33.7 Å². The molecule has 0 aromatic heterocycles. The first kappa shape index (κ1) is 14.8. The SMILES string of the molecule is CC1(CN2CCOC(COc3ccccc3)C2)CCNC1. The van der Waals surface area contributed by atoms with Crippen LogP contribution in [0.15, 0.2) is 30.3 Å². The number of para-hydroxylation sites is 1. The largest absolute Gasteiger partial charge is 0.491 e. The van der Waals surface area contributed by atoms with Crippen LogP contribution in [0.4, 0.5) is 0 Å².